The summed E-state index contributed by atoms with van der Waals surface area (Å²) in [6.45, 7) is 10.7. The molecule has 1 unspecified atom stereocenters. The third-order valence-electron chi connectivity index (χ3n) is 6.09. The van der Waals surface area contributed by atoms with Gasteiger partial charge in [0.25, 0.3) is 0 Å². The first-order valence-corrected chi connectivity index (χ1v) is 8.74. The fourth-order valence-corrected chi connectivity index (χ4v) is 5.56. The molecule has 0 aromatic rings. The van der Waals surface area contributed by atoms with Crippen LogP contribution in [-0.2, 0) is 4.74 Å². The average Bonchev–Trinajstić information content (AvgIpc) is 2.31. The standard InChI is InChI=1S/C18H33NO/c1-13(19-5-6-20-17(2,3)4)18-10-14-7-15(11-18)9-16(8-14)12-18/h13-16,19H,5-12H2,1-4H3. The van der Waals surface area contributed by atoms with Crippen LogP contribution in [0.5, 0.6) is 0 Å². The molecule has 0 aliphatic heterocycles. The van der Waals surface area contributed by atoms with Crippen LogP contribution in [0.1, 0.15) is 66.2 Å². The summed E-state index contributed by atoms with van der Waals surface area (Å²) < 4.78 is 5.84. The Morgan fingerprint density at radius 1 is 1.05 bits per heavy atom. The fraction of sp³-hybridized carbons (Fsp3) is 1.00. The Bertz CT molecular complexity index is 309. The number of rotatable bonds is 5. The predicted molar refractivity (Wildman–Crippen MR) is 83.8 cm³/mol. The van der Waals surface area contributed by atoms with Crippen LogP contribution in [0.15, 0.2) is 0 Å². The summed E-state index contributed by atoms with van der Waals surface area (Å²) in [6.07, 6.45) is 9.10. The van der Waals surface area contributed by atoms with Gasteiger partial charge < -0.3 is 10.1 Å². The van der Waals surface area contributed by atoms with Gasteiger partial charge in [0.2, 0.25) is 0 Å². The largest absolute Gasteiger partial charge is 0.375 e. The average molecular weight is 279 g/mol. The third-order valence-corrected chi connectivity index (χ3v) is 6.09. The minimum absolute atomic E-state index is 0.00833. The molecule has 116 valence electrons. The monoisotopic (exact) mass is 279 g/mol. The maximum atomic E-state index is 5.84. The molecule has 0 amide bonds. The predicted octanol–water partition coefficient (Wildman–Crippen LogP) is 4.00. The number of hydrogen-bond acceptors (Lipinski definition) is 2. The second-order valence-corrected chi connectivity index (χ2v) is 8.92. The van der Waals surface area contributed by atoms with Crippen LogP contribution >= 0.6 is 0 Å². The first kappa shape index (κ1) is 14.8. The first-order chi connectivity index (χ1) is 9.36. The second-order valence-electron chi connectivity index (χ2n) is 8.92. The lowest BCUT2D eigenvalue weighted by Gasteiger charge is -2.59. The van der Waals surface area contributed by atoms with Crippen molar-refractivity contribution in [2.45, 2.75) is 77.9 Å². The molecule has 0 spiro atoms. The van der Waals surface area contributed by atoms with Gasteiger partial charge in [0.1, 0.15) is 0 Å². The van der Waals surface area contributed by atoms with Crippen molar-refractivity contribution < 1.29 is 4.74 Å². The second kappa shape index (κ2) is 5.28. The van der Waals surface area contributed by atoms with E-state index in [0.29, 0.717) is 11.5 Å². The summed E-state index contributed by atoms with van der Waals surface area (Å²) >= 11 is 0. The van der Waals surface area contributed by atoms with Crippen LogP contribution in [0, 0.1) is 23.2 Å². The van der Waals surface area contributed by atoms with E-state index in [1.807, 2.05) is 0 Å². The lowest BCUT2D eigenvalue weighted by Crippen LogP contribution is -2.55. The van der Waals surface area contributed by atoms with Crippen molar-refractivity contribution in [3.63, 3.8) is 0 Å². The van der Waals surface area contributed by atoms with Crippen LogP contribution in [0.25, 0.3) is 0 Å². The molecule has 1 N–H and O–H groups in total. The van der Waals surface area contributed by atoms with Crippen LogP contribution in [0.2, 0.25) is 0 Å². The summed E-state index contributed by atoms with van der Waals surface area (Å²) in [5, 5.41) is 3.79. The topological polar surface area (TPSA) is 21.3 Å². The van der Waals surface area contributed by atoms with E-state index in [2.05, 4.69) is 33.0 Å². The van der Waals surface area contributed by atoms with Crippen molar-refractivity contribution in [2.75, 3.05) is 13.2 Å². The van der Waals surface area contributed by atoms with Crippen LogP contribution < -0.4 is 5.32 Å². The van der Waals surface area contributed by atoms with E-state index in [-0.39, 0.29) is 5.60 Å². The van der Waals surface area contributed by atoms with E-state index in [4.69, 9.17) is 4.74 Å². The highest BCUT2D eigenvalue weighted by molar-refractivity contribution is 5.05. The molecule has 4 bridgehead atoms. The van der Waals surface area contributed by atoms with Gasteiger partial charge in [-0.1, -0.05) is 0 Å². The molecule has 0 radical (unpaired) electrons. The molecule has 4 saturated carbocycles. The normalized spacial score (nSPS) is 41.1. The Morgan fingerprint density at radius 3 is 2.00 bits per heavy atom. The zero-order valence-electron chi connectivity index (χ0n) is 13.9. The highest BCUT2D eigenvalue weighted by Crippen LogP contribution is 2.61. The maximum absolute atomic E-state index is 5.84. The number of hydrogen-bond donors (Lipinski definition) is 1. The van der Waals surface area contributed by atoms with Gasteiger partial charge >= 0.3 is 0 Å². The molecule has 0 heterocycles. The Hall–Kier alpha value is -0.0800. The SMILES string of the molecule is CC(NCCOC(C)(C)C)C12CC3CC(CC(C3)C1)C2. The van der Waals surface area contributed by atoms with E-state index < -0.39 is 0 Å². The van der Waals surface area contributed by atoms with E-state index in [0.717, 1.165) is 30.9 Å². The maximum Gasteiger partial charge on any atom is 0.0599 e. The van der Waals surface area contributed by atoms with Gasteiger partial charge in [-0.05, 0) is 89.4 Å². The van der Waals surface area contributed by atoms with Gasteiger partial charge in [0.15, 0.2) is 0 Å². The van der Waals surface area contributed by atoms with Gasteiger partial charge in [0.05, 0.1) is 12.2 Å². The lowest BCUT2D eigenvalue weighted by atomic mass is 9.48. The summed E-state index contributed by atoms with van der Waals surface area (Å²) in [5.41, 5.74) is 0.613. The van der Waals surface area contributed by atoms with Crippen molar-refractivity contribution in [1.29, 1.82) is 0 Å². The van der Waals surface area contributed by atoms with Crippen LogP contribution in [0.4, 0.5) is 0 Å². The molecule has 0 aromatic carbocycles. The summed E-state index contributed by atoms with van der Waals surface area (Å²) in [6, 6.07) is 0.666. The minimum atomic E-state index is -0.00833. The molecule has 4 fully saturated rings. The highest BCUT2D eigenvalue weighted by atomic mass is 16.5. The lowest BCUT2D eigenvalue weighted by molar-refractivity contribution is -0.0725. The quantitative estimate of drug-likeness (QED) is 0.768. The number of ether oxygens (including phenoxy) is 1. The van der Waals surface area contributed by atoms with Crippen molar-refractivity contribution >= 4 is 0 Å². The molecule has 20 heavy (non-hydrogen) atoms. The molecule has 4 aliphatic rings. The van der Waals surface area contributed by atoms with E-state index in [9.17, 15) is 0 Å². The van der Waals surface area contributed by atoms with Gasteiger partial charge in [0, 0.05) is 12.6 Å². The summed E-state index contributed by atoms with van der Waals surface area (Å²) in [5.74, 6) is 3.16. The minimum Gasteiger partial charge on any atom is -0.375 e. The van der Waals surface area contributed by atoms with Crippen molar-refractivity contribution in [3.8, 4) is 0 Å². The third kappa shape index (κ3) is 3.06. The smallest absolute Gasteiger partial charge is 0.0599 e. The molecule has 2 nitrogen and oxygen atoms in total. The number of nitrogens with one attached hydrogen (secondary N) is 1. The molecule has 2 heteroatoms. The summed E-state index contributed by atoms with van der Waals surface area (Å²) in [7, 11) is 0. The van der Waals surface area contributed by atoms with Crippen molar-refractivity contribution in [1.82, 2.24) is 5.32 Å². The van der Waals surface area contributed by atoms with Gasteiger partial charge in [-0.25, -0.2) is 0 Å². The Labute approximate surface area is 125 Å². The molecule has 4 rings (SSSR count). The van der Waals surface area contributed by atoms with Crippen molar-refractivity contribution in [2.24, 2.45) is 23.2 Å². The van der Waals surface area contributed by atoms with Gasteiger partial charge in [-0.3, -0.25) is 0 Å². The van der Waals surface area contributed by atoms with Crippen LogP contribution in [-0.4, -0.2) is 24.8 Å². The van der Waals surface area contributed by atoms with E-state index in [1.165, 1.54) is 38.5 Å². The molecular formula is C18H33NO. The fourth-order valence-electron chi connectivity index (χ4n) is 5.56. The van der Waals surface area contributed by atoms with Gasteiger partial charge in [-0.15, -0.1) is 0 Å². The highest BCUT2D eigenvalue weighted by Gasteiger charge is 2.52. The molecule has 1 atom stereocenters. The Balaban J connectivity index is 1.51. The zero-order valence-corrected chi connectivity index (χ0v) is 13.9. The zero-order chi connectivity index (χ0) is 14.4. The molecule has 0 saturated heterocycles. The van der Waals surface area contributed by atoms with Gasteiger partial charge in [-0.2, -0.15) is 0 Å². The summed E-state index contributed by atoms with van der Waals surface area (Å²) in [4.78, 5) is 0. The van der Waals surface area contributed by atoms with E-state index >= 15 is 0 Å². The first-order valence-electron chi connectivity index (χ1n) is 8.74. The molecule has 0 aromatic heterocycles. The Morgan fingerprint density at radius 2 is 1.55 bits per heavy atom. The van der Waals surface area contributed by atoms with Crippen LogP contribution in [0.3, 0.4) is 0 Å². The Kier molecular flexibility index (Phi) is 3.92. The molecular weight excluding hydrogens is 246 g/mol. The van der Waals surface area contributed by atoms with E-state index in [1.54, 1.807) is 0 Å². The molecule has 4 aliphatic carbocycles. The van der Waals surface area contributed by atoms with Crippen molar-refractivity contribution in [3.05, 3.63) is 0 Å².